The number of ether oxygens (including phenoxy) is 1. The maximum atomic E-state index is 6.02. The number of benzene rings is 2. The van der Waals surface area contributed by atoms with E-state index in [1.54, 1.807) is 7.11 Å². The first-order chi connectivity index (χ1) is 8.70. The zero-order chi connectivity index (χ0) is 13.0. The quantitative estimate of drug-likeness (QED) is 0.850. The molecule has 0 aliphatic heterocycles. The van der Waals surface area contributed by atoms with E-state index in [1.165, 1.54) is 5.56 Å². The standard InChI is InChI=1S/C15H16ClNO/c1-18-9-8-11-2-4-12(5-3-11)13-6-7-15(17)14(16)10-13/h2-7,10H,8-9,17H2,1H3. The van der Waals surface area contributed by atoms with Gasteiger partial charge in [0, 0.05) is 7.11 Å². The van der Waals surface area contributed by atoms with Crippen molar-refractivity contribution in [3.8, 4) is 11.1 Å². The van der Waals surface area contributed by atoms with Crippen molar-refractivity contribution < 1.29 is 4.74 Å². The van der Waals surface area contributed by atoms with Crippen LogP contribution >= 0.6 is 11.6 Å². The fourth-order valence-corrected chi connectivity index (χ4v) is 1.97. The summed E-state index contributed by atoms with van der Waals surface area (Å²) in [5.41, 5.74) is 9.79. The van der Waals surface area contributed by atoms with Crippen molar-refractivity contribution >= 4 is 17.3 Å². The van der Waals surface area contributed by atoms with E-state index in [0.717, 1.165) is 24.2 Å². The van der Waals surface area contributed by atoms with Crippen molar-refractivity contribution in [2.45, 2.75) is 6.42 Å². The van der Waals surface area contributed by atoms with E-state index in [2.05, 4.69) is 24.3 Å². The number of hydrogen-bond acceptors (Lipinski definition) is 2. The highest BCUT2D eigenvalue weighted by Crippen LogP contribution is 2.27. The van der Waals surface area contributed by atoms with Gasteiger partial charge < -0.3 is 10.5 Å². The van der Waals surface area contributed by atoms with Gasteiger partial charge in [0.25, 0.3) is 0 Å². The van der Waals surface area contributed by atoms with Gasteiger partial charge in [0.1, 0.15) is 0 Å². The molecule has 2 aromatic rings. The number of hydrogen-bond donors (Lipinski definition) is 1. The second-order valence-electron chi connectivity index (χ2n) is 4.18. The number of nitrogens with two attached hydrogens (primary N) is 1. The predicted octanol–water partition coefficient (Wildman–Crippen LogP) is 3.78. The molecule has 0 spiro atoms. The van der Waals surface area contributed by atoms with Gasteiger partial charge in [-0.2, -0.15) is 0 Å². The van der Waals surface area contributed by atoms with Crippen LogP contribution in [0.2, 0.25) is 5.02 Å². The lowest BCUT2D eigenvalue weighted by molar-refractivity contribution is 0.202. The Kier molecular flexibility index (Phi) is 4.24. The Morgan fingerprint density at radius 1 is 1.06 bits per heavy atom. The Balaban J connectivity index is 2.20. The highest BCUT2D eigenvalue weighted by atomic mass is 35.5. The molecule has 2 aromatic carbocycles. The average Bonchev–Trinajstić information content (AvgIpc) is 2.40. The lowest BCUT2D eigenvalue weighted by atomic mass is 10.0. The summed E-state index contributed by atoms with van der Waals surface area (Å²) in [6.45, 7) is 0.743. The van der Waals surface area contributed by atoms with Crippen LogP contribution in [0.25, 0.3) is 11.1 Å². The van der Waals surface area contributed by atoms with E-state index in [0.29, 0.717) is 10.7 Å². The molecule has 0 aliphatic carbocycles. The van der Waals surface area contributed by atoms with Gasteiger partial charge in [-0.05, 0) is 35.2 Å². The molecule has 0 amide bonds. The SMILES string of the molecule is COCCc1ccc(-c2ccc(N)c(Cl)c2)cc1. The minimum absolute atomic E-state index is 0.593. The molecule has 0 radical (unpaired) electrons. The molecule has 2 rings (SSSR count). The van der Waals surface area contributed by atoms with Gasteiger partial charge in [0.15, 0.2) is 0 Å². The van der Waals surface area contributed by atoms with Crippen LogP contribution in [0.4, 0.5) is 5.69 Å². The van der Waals surface area contributed by atoms with Crippen LogP contribution in [0.15, 0.2) is 42.5 Å². The molecule has 0 fully saturated rings. The molecule has 0 aromatic heterocycles. The smallest absolute Gasteiger partial charge is 0.0641 e. The van der Waals surface area contributed by atoms with Crippen LogP contribution in [0.5, 0.6) is 0 Å². The van der Waals surface area contributed by atoms with Crippen LogP contribution < -0.4 is 5.73 Å². The Labute approximate surface area is 112 Å². The van der Waals surface area contributed by atoms with Crippen molar-refractivity contribution in [3.63, 3.8) is 0 Å². The molecule has 0 saturated carbocycles. The third kappa shape index (κ3) is 3.03. The van der Waals surface area contributed by atoms with Gasteiger partial charge in [-0.3, -0.25) is 0 Å². The normalized spacial score (nSPS) is 10.6. The van der Waals surface area contributed by atoms with Gasteiger partial charge in [-0.25, -0.2) is 0 Å². The number of rotatable bonds is 4. The van der Waals surface area contributed by atoms with E-state index in [1.807, 2.05) is 18.2 Å². The first-order valence-corrected chi connectivity index (χ1v) is 6.22. The first kappa shape index (κ1) is 12.9. The third-order valence-corrected chi connectivity index (χ3v) is 3.21. The molecule has 3 heteroatoms. The molecule has 0 heterocycles. The van der Waals surface area contributed by atoms with Gasteiger partial charge >= 0.3 is 0 Å². The van der Waals surface area contributed by atoms with Crippen molar-refractivity contribution in [1.82, 2.24) is 0 Å². The van der Waals surface area contributed by atoms with Crippen LogP contribution in [0.1, 0.15) is 5.56 Å². The molecule has 0 unspecified atom stereocenters. The summed E-state index contributed by atoms with van der Waals surface area (Å²) >= 11 is 6.02. The van der Waals surface area contributed by atoms with E-state index in [9.17, 15) is 0 Å². The first-order valence-electron chi connectivity index (χ1n) is 5.84. The van der Waals surface area contributed by atoms with E-state index >= 15 is 0 Å². The third-order valence-electron chi connectivity index (χ3n) is 2.88. The molecule has 0 aliphatic rings. The topological polar surface area (TPSA) is 35.2 Å². The second-order valence-corrected chi connectivity index (χ2v) is 4.58. The molecular formula is C15H16ClNO. The van der Waals surface area contributed by atoms with Crippen LogP contribution in [-0.4, -0.2) is 13.7 Å². The second kappa shape index (κ2) is 5.89. The summed E-state index contributed by atoms with van der Waals surface area (Å²) in [5, 5.41) is 0.593. The highest BCUT2D eigenvalue weighted by molar-refractivity contribution is 6.33. The van der Waals surface area contributed by atoms with Gasteiger partial charge in [0.05, 0.1) is 17.3 Å². The number of nitrogen functional groups attached to an aromatic ring is 1. The summed E-state index contributed by atoms with van der Waals surface area (Å²) in [6.07, 6.45) is 0.930. The fourth-order valence-electron chi connectivity index (χ4n) is 1.79. The number of methoxy groups -OCH3 is 1. The molecule has 2 nitrogen and oxygen atoms in total. The maximum Gasteiger partial charge on any atom is 0.0641 e. The lowest BCUT2D eigenvalue weighted by Gasteiger charge is -2.06. The lowest BCUT2D eigenvalue weighted by Crippen LogP contribution is -1.94. The molecule has 18 heavy (non-hydrogen) atoms. The zero-order valence-electron chi connectivity index (χ0n) is 10.3. The molecule has 94 valence electrons. The summed E-state index contributed by atoms with van der Waals surface area (Å²) in [6, 6.07) is 14.1. The van der Waals surface area contributed by atoms with Crippen molar-refractivity contribution in [2.75, 3.05) is 19.5 Å². The molecule has 2 N–H and O–H groups in total. The fraction of sp³-hybridized carbons (Fsp3) is 0.200. The Morgan fingerprint density at radius 3 is 2.33 bits per heavy atom. The Hall–Kier alpha value is -1.51. The molecule has 0 saturated heterocycles. The van der Waals surface area contributed by atoms with Crippen molar-refractivity contribution in [1.29, 1.82) is 0 Å². The maximum absolute atomic E-state index is 6.02. The van der Waals surface area contributed by atoms with Gasteiger partial charge in [-0.1, -0.05) is 41.9 Å². The van der Waals surface area contributed by atoms with E-state index in [4.69, 9.17) is 22.1 Å². The monoisotopic (exact) mass is 261 g/mol. The number of halogens is 1. The summed E-state index contributed by atoms with van der Waals surface area (Å²) < 4.78 is 5.06. The minimum Gasteiger partial charge on any atom is -0.398 e. The molecule has 0 bridgehead atoms. The molecule has 0 atom stereocenters. The van der Waals surface area contributed by atoms with E-state index in [-0.39, 0.29) is 0 Å². The highest BCUT2D eigenvalue weighted by Gasteiger charge is 2.01. The Bertz CT molecular complexity index is 523. The zero-order valence-corrected chi connectivity index (χ0v) is 11.1. The summed E-state index contributed by atoms with van der Waals surface area (Å²) in [7, 11) is 1.71. The molecular weight excluding hydrogens is 246 g/mol. The van der Waals surface area contributed by atoms with Gasteiger partial charge in [-0.15, -0.1) is 0 Å². The van der Waals surface area contributed by atoms with E-state index < -0.39 is 0 Å². The summed E-state index contributed by atoms with van der Waals surface area (Å²) in [5.74, 6) is 0. The minimum atomic E-state index is 0.593. The van der Waals surface area contributed by atoms with Crippen LogP contribution in [0.3, 0.4) is 0 Å². The predicted molar refractivity (Wildman–Crippen MR) is 76.9 cm³/mol. The van der Waals surface area contributed by atoms with Crippen LogP contribution in [-0.2, 0) is 11.2 Å². The van der Waals surface area contributed by atoms with Crippen molar-refractivity contribution in [2.24, 2.45) is 0 Å². The largest absolute Gasteiger partial charge is 0.398 e. The average molecular weight is 262 g/mol. The van der Waals surface area contributed by atoms with Crippen molar-refractivity contribution in [3.05, 3.63) is 53.1 Å². The number of anilines is 1. The van der Waals surface area contributed by atoms with Crippen LogP contribution in [0, 0.1) is 0 Å². The Morgan fingerprint density at radius 2 is 1.72 bits per heavy atom. The summed E-state index contributed by atoms with van der Waals surface area (Å²) in [4.78, 5) is 0. The van der Waals surface area contributed by atoms with Gasteiger partial charge in [0.2, 0.25) is 0 Å².